The fourth-order valence-corrected chi connectivity index (χ4v) is 6.15. The molecule has 6 nitrogen and oxygen atoms in total. The number of benzene rings is 1. The van der Waals surface area contributed by atoms with Gasteiger partial charge in [-0.05, 0) is 64.2 Å². The normalized spacial score (nSPS) is 19.4. The lowest BCUT2D eigenvalue weighted by Crippen LogP contribution is -2.42. The Bertz CT molecular complexity index is 989. The van der Waals surface area contributed by atoms with Crippen molar-refractivity contribution in [1.82, 2.24) is 20.2 Å². The molecule has 170 valence electrons. The van der Waals surface area contributed by atoms with Gasteiger partial charge in [0.1, 0.15) is 0 Å². The maximum absolute atomic E-state index is 10.2. The van der Waals surface area contributed by atoms with Gasteiger partial charge in [0.25, 0.3) is 0 Å². The van der Waals surface area contributed by atoms with Crippen molar-refractivity contribution in [3.05, 3.63) is 52.0 Å². The van der Waals surface area contributed by atoms with Crippen molar-refractivity contribution < 1.29 is 4.79 Å². The molecular formula is C24H31N5OS2. The van der Waals surface area contributed by atoms with Gasteiger partial charge in [-0.3, -0.25) is 9.69 Å². The predicted molar refractivity (Wildman–Crippen MR) is 134 cm³/mol. The molecule has 2 aromatic heterocycles. The summed E-state index contributed by atoms with van der Waals surface area (Å²) in [5, 5.41) is 9.57. The third kappa shape index (κ3) is 5.81. The summed E-state index contributed by atoms with van der Waals surface area (Å²) in [4.78, 5) is 22.6. The van der Waals surface area contributed by atoms with Crippen LogP contribution in [0, 0.1) is 13.8 Å². The van der Waals surface area contributed by atoms with Crippen LogP contribution >= 0.6 is 22.7 Å². The van der Waals surface area contributed by atoms with Crippen LogP contribution in [0.1, 0.15) is 41.4 Å². The zero-order valence-corrected chi connectivity index (χ0v) is 20.3. The molecule has 1 atom stereocenters. The van der Waals surface area contributed by atoms with E-state index in [1.54, 1.807) is 11.3 Å². The Balaban J connectivity index is 0.000000155. The summed E-state index contributed by atoms with van der Waals surface area (Å²) < 4.78 is 0. The summed E-state index contributed by atoms with van der Waals surface area (Å²) in [6.45, 7) is 8.92. The van der Waals surface area contributed by atoms with Crippen molar-refractivity contribution in [2.75, 3.05) is 31.5 Å². The number of rotatable bonds is 5. The van der Waals surface area contributed by atoms with Crippen LogP contribution in [0.25, 0.3) is 10.6 Å². The van der Waals surface area contributed by atoms with E-state index < -0.39 is 0 Å². The Hall–Kier alpha value is -2.13. The summed E-state index contributed by atoms with van der Waals surface area (Å²) in [7, 11) is 0. The second-order valence-electron chi connectivity index (χ2n) is 8.32. The standard InChI is InChI=1S/C15H22N2.C9H9N3OS2/c1-2-4-13(5-3-1)14-7-10-17(11-8-14)15-6-9-16-12-15;1-5-8(15-6(2)11-5)7-3-14-9(12-7)10-4-13/h1-5,14-16H,6-12H2;3-4H,1-2H3,(H,10,12,13)/t15-;/m1./s1. The van der Waals surface area contributed by atoms with E-state index in [2.05, 4.69) is 55.8 Å². The van der Waals surface area contributed by atoms with Crippen LogP contribution < -0.4 is 10.6 Å². The third-order valence-corrected chi connectivity index (χ3v) is 8.04. The highest BCUT2D eigenvalue weighted by Gasteiger charge is 2.27. The van der Waals surface area contributed by atoms with E-state index in [9.17, 15) is 4.79 Å². The topological polar surface area (TPSA) is 70.2 Å². The molecule has 8 heteroatoms. The number of piperidine rings is 1. The molecular weight excluding hydrogens is 438 g/mol. The van der Waals surface area contributed by atoms with Crippen LogP contribution in [0.15, 0.2) is 35.7 Å². The fraction of sp³-hybridized carbons (Fsp3) is 0.458. The molecule has 2 aliphatic rings. The minimum atomic E-state index is 0.616. The van der Waals surface area contributed by atoms with Gasteiger partial charge < -0.3 is 10.6 Å². The number of hydrogen-bond donors (Lipinski definition) is 2. The Kier molecular flexibility index (Phi) is 8.02. The summed E-state index contributed by atoms with van der Waals surface area (Å²) in [5.74, 6) is 0.793. The molecule has 2 aliphatic heterocycles. The number of likely N-dealkylation sites (tertiary alicyclic amines) is 1. The summed E-state index contributed by atoms with van der Waals surface area (Å²) in [5.41, 5.74) is 3.41. The molecule has 4 heterocycles. The van der Waals surface area contributed by atoms with E-state index >= 15 is 0 Å². The summed E-state index contributed by atoms with van der Waals surface area (Å²) in [6, 6.07) is 11.8. The summed E-state index contributed by atoms with van der Waals surface area (Å²) in [6.07, 6.45) is 4.64. The van der Waals surface area contributed by atoms with Crippen LogP contribution in [-0.2, 0) is 4.79 Å². The molecule has 0 spiro atoms. The van der Waals surface area contributed by atoms with Gasteiger partial charge in [0, 0.05) is 18.0 Å². The number of nitrogens with one attached hydrogen (secondary N) is 2. The number of aryl methyl sites for hydroxylation is 2. The Labute approximate surface area is 198 Å². The van der Waals surface area contributed by atoms with Crippen molar-refractivity contribution in [3.63, 3.8) is 0 Å². The van der Waals surface area contributed by atoms with E-state index in [1.165, 1.54) is 62.3 Å². The molecule has 1 aromatic carbocycles. The number of anilines is 1. The molecule has 2 N–H and O–H groups in total. The van der Waals surface area contributed by atoms with Gasteiger partial charge in [-0.2, -0.15) is 0 Å². The Morgan fingerprint density at radius 3 is 2.53 bits per heavy atom. The molecule has 2 saturated heterocycles. The van der Waals surface area contributed by atoms with Crippen molar-refractivity contribution in [1.29, 1.82) is 0 Å². The number of amides is 1. The smallest absolute Gasteiger partial charge is 0.213 e. The molecule has 1 amide bonds. The highest BCUT2D eigenvalue weighted by molar-refractivity contribution is 7.16. The monoisotopic (exact) mass is 469 g/mol. The number of aromatic nitrogens is 2. The highest BCUT2D eigenvalue weighted by atomic mass is 32.1. The molecule has 0 radical (unpaired) electrons. The lowest BCUT2D eigenvalue weighted by Gasteiger charge is -2.35. The minimum Gasteiger partial charge on any atom is -0.315 e. The van der Waals surface area contributed by atoms with Gasteiger partial charge in [-0.1, -0.05) is 30.3 Å². The van der Waals surface area contributed by atoms with E-state index in [-0.39, 0.29) is 0 Å². The van der Waals surface area contributed by atoms with Crippen molar-refractivity contribution in [2.24, 2.45) is 0 Å². The number of carbonyl (C=O) groups is 1. The molecule has 0 saturated carbocycles. The van der Waals surface area contributed by atoms with Crippen molar-refractivity contribution in [2.45, 2.75) is 45.1 Å². The van der Waals surface area contributed by atoms with Crippen LogP contribution in [0.2, 0.25) is 0 Å². The van der Waals surface area contributed by atoms with Gasteiger partial charge in [0.15, 0.2) is 5.13 Å². The largest absolute Gasteiger partial charge is 0.315 e. The number of nitrogens with zero attached hydrogens (tertiary/aromatic N) is 3. The average Bonchev–Trinajstić information content (AvgIpc) is 3.57. The first-order valence-electron chi connectivity index (χ1n) is 11.2. The first-order valence-corrected chi connectivity index (χ1v) is 12.9. The summed E-state index contributed by atoms with van der Waals surface area (Å²) >= 11 is 3.03. The van der Waals surface area contributed by atoms with Crippen molar-refractivity contribution in [3.8, 4) is 10.6 Å². The third-order valence-electron chi connectivity index (χ3n) is 6.17. The van der Waals surface area contributed by atoms with Crippen LogP contribution in [0.4, 0.5) is 5.13 Å². The molecule has 0 bridgehead atoms. The lowest BCUT2D eigenvalue weighted by molar-refractivity contribution is -0.105. The number of thiazole rings is 2. The van der Waals surface area contributed by atoms with E-state index in [4.69, 9.17) is 0 Å². The lowest BCUT2D eigenvalue weighted by atomic mass is 9.89. The zero-order chi connectivity index (χ0) is 22.3. The fourth-order valence-electron chi connectivity index (χ4n) is 4.54. The van der Waals surface area contributed by atoms with Gasteiger partial charge >= 0.3 is 0 Å². The number of carbonyl (C=O) groups excluding carboxylic acids is 1. The molecule has 0 unspecified atom stereocenters. The molecule has 32 heavy (non-hydrogen) atoms. The van der Waals surface area contributed by atoms with Crippen molar-refractivity contribution >= 4 is 34.2 Å². The van der Waals surface area contributed by atoms with Crippen LogP contribution in [0.5, 0.6) is 0 Å². The minimum absolute atomic E-state index is 0.616. The van der Waals surface area contributed by atoms with Gasteiger partial charge in [0.2, 0.25) is 6.41 Å². The van der Waals surface area contributed by atoms with Gasteiger partial charge in [-0.25, -0.2) is 9.97 Å². The van der Waals surface area contributed by atoms with E-state index in [1.807, 2.05) is 19.2 Å². The molecule has 2 fully saturated rings. The second-order valence-corrected chi connectivity index (χ2v) is 10.4. The molecule has 3 aromatic rings. The Morgan fingerprint density at radius 1 is 1.12 bits per heavy atom. The Morgan fingerprint density at radius 2 is 1.91 bits per heavy atom. The van der Waals surface area contributed by atoms with Gasteiger partial charge in [-0.15, -0.1) is 22.7 Å². The SMILES string of the molecule is Cc1nc(C)c(-c2csc(NC=O)n2)s1.c1ccc(C2CCN([C@@H]3CCNC3)CC2)cc1. The van der Waals surface area contributed by atoms with Crippen LogP contribution in [-0.4, -0.2) is 53.5 Å². The van der Waals surface area contributed by atoms with E-state index in [0.29, 0.717) is 11.5 Å². The zero-order valence-electron chi connectivity index (χ0n) is 18.7. The molecule has 0 aliphatic carbocycles. The quantitative estimate of drug-likeness (QED) is 0.531. The number of hydrogen-bond acceptors (Lipinski definition) is 7. The maximum Gasteiger partial charge on any atom is 0.213 e. The first-order chi connectivity index (χ1) is 15.6. The molecule has 5 rings (SSSR count). The van der Waals surface area contributed by atoms with E-state index in [0.717, 1.165) is 33.2 Å². The van der Waals surface area contributed by atoms with Gasteiger partial charge in [0.05, 0.1) is 21.3 Å². The average molecular weight is 470 g/mol. The first kappa shape index (κ1) is 23.0. The predicted octanol–water partition coefficient (Wildman–Crippen LogP) is 4.68. The second kappa shape index (κ2) is 11.1. The highest BCUT2D eigenvalue weighted by Crippen LogP contribution is 2.32. The maximum atomic E-state index is 10.2. The van der Waals surface area contributed by atoms with Crippen LogP contribution in [0.3, 0.4) is 0 Å².